The molecule has 0 spiro atoms. The molecule has 1 aromatic carbocycles. The van der Waals surface area contributed by atoms with E-state index < -0.39 is 23.0 Å². The Labute approximate surface area is 111 Å². The van der Waals surface area contributed by atoms with E-state index in [1.54, 1.807) is 45.0 Å². The highest BCUT2D eigenvalue weighted by atomic mass is 19.1. The number of rotatable bonds is 1. The van der Waals surface area contributed by atoms with E-state index >= 15 is 0 Å². The molecule has 102 valence electrons. The molecule has 3 nitrogen and oxygen atoms in total. The van der Waals surface area contributed by atoms with E-state index in [2.05, 4.69) is 0 Å². The molecule has 0 aliphatic heterocycles. The van der Waals surface area contributed by atoms with Crippen molar-refractivity contribution in [1.82, 2.24) is 0 Å². The van der Waals surface area contributed by atoms with Gasteiger partial charge < -0.3 is 4.74 Å². The summed E-state index contributed by atoms with van der Waals surface area (Å²) in [5.74, 6) is -1.87. The van der Waals surface area contributed by atoms with Gasteiger partial charge >= 0.3 is 5.97 Å². The second-order valence-electron chi connectivity index (χ2n) is 5.79. The smallest absolute Gasteiger partial charge is 0.352 e. The number of hydrogen-bond acceptors (Lipinski definition) is 3. The third kappa shape index (κ3) is 2.53. The largest absolute Gasteiger partial charge is 0.457 e. The van der Waals surface area contributed by atoms with Crippen molar-refractivity contribution in [2.24, 2.45) is 0 Å². The minimum atomic E-state index is -2.55. The van der Waals surface area contributed by atoms with Gasteiger partial charge in [-0.25, -0.2) is 9.18 Å². The molecule has 0 heterocycles. The average molecular weight is 264 g/mol. The monoisotopic (exact) mass is 264 g/mol. The number of benzene rings is 1. The minimum Gasteiger partial charge on any atom is -0.457 e. The number of ketones is 1. The highest BCUT2D eigenvalue weighted by molar-refractivity contribution is 6.16. The number of carbonyl (C=O) groups is 2. The Morgan fingerprint density at radius 3 is 2.58 bits per heavy atom. The molecular formula is C15H17FO3. The second-order valence-corrected chi connectivity index (χ2v) is 5.79. The molecule has 1 aliphatic rings. The number of esters is 1. The second kappa shape index (κ2) is 4.44. The number of carbonyl (C=O) groups excluding carboxylic acids is 2. The molecule has 4 heteroatoms. The maximum atomic E-state index is 14.7. The van der Waals surface area contributed by atoms with Crippen molar-refractivity contribution >= 4 is 11.8 Å². The maximum Gasteiger partial charge on any atom is 0.352 e. The number of aryl methyl sites for hydroxylation is 1. The first-order valence-corrected chi connectivity index (χ1v) is 6.29. The molecule has 0 saturated carbocycles. The number of hydrogen-bond donors (Lipinski definition) is 0. The summed E-state index contributed by atoms with van der Waals surface area (Å²) in [6.07, 6.45) is 0.204. The molecule has 0 saturated heterocycles. The zero-order chi connectivity index (χ0) is 14.3. The Kier molecular flexibility index (Phi) is 3.20. The van der Waals surface area contributed by atoms with Crippen LogP contribution < -0.4 is 0 Å². The van der Waals surface area contributed by atoms with Crippen LogP contribution in [0.1, 0.15) is 43.1 Å². The standard InChI is InChI=1S/C15H17FO3/c1-14(2,3)19-13(18)15(16)9-8-10-6-4-5-7-11(10)12(15)17/h4-7H,8-9H2,1-3H3. The maximum absolute atomic E-state index is 14.7. The lowest BCUT2D eigenvalue weighted by Gasteiger charge is -2.30. The number of Topliss-reactive ketones (excluding diaryl/α,β-unsaturated/α-hetero) is 1. The highest BCUT2D eigenvalue weighted by Crippen LogP contribution is 2.33. The van der Waals surface area contributed by atoms with Crippen LogP contribution in [0.3, 0.4) is 0 Å². The van der Waals surface area contributed by atoms with Gasteiger partial charge in [-0.15, -0.1) is 0 Å². The lowest BCUT2D eigenvalue weighted by Crippen LogP contribution is -2.48. The van der Waals surface area contributed by atoms with Crippen molar-refractivity contribution in [3.63, 3.8) is 0 Å². The summed E-state index contributed by atoms with van der Waals surface area (Å²) in [4.78, 5) is 24.1. The van der Waals surface area contributed by atoms with Crippen molar-refractivity contribution in [3.8, 4) is 0 Å². The van der Waals surface area contributed by atoms with E-state index in [4.69, 9.17) is 4.74 Å². The van der Waals surface area contributed by atoms with Gasteiger partial charge in [0.25, 0.3) is 5.67 Å². The van der Waals surface area contributed by atoms with E-state index in [1.807, 2.05) is 0 Å². The quantitative estimate of drug-likeness (QED) is 0.578. The fourth-order valence-corrected chi connectivity index (χ4v) is 2.15. The third-order valence-electron chi connectivity index (χ3n) is 3.08. The zero-order valence-electron chi connectivity index (χ0n) is 11.3. The Hall–Kier alpha value is -1.71. The van der Waals surface area contributed by atoms with Gasteiger partial charge in [0.15, 0.2) is 0 Å². The van der Waals surface area contributed by atoms with E-state index in [1.165, 1.54) is 0 Å². The van der Waals surface area contributed by atoms with E-state index in [0.29, 0.717) is 6.42 Å². The molecule has 0 aromatic heterocycles. The minimum absolute atomic E-state index is 0.155. The molecule has 1 aliphatic carbocycles. The number of alkyl halides is 1. The molecule has 1 aromatic rings. The molecule has 1 atom stereocenters. The Balaban J connectivity index is 2.32. The van der Waals surface area contributed by atoms with Gasteiger partial charge in [-0.3, -0.25) is 4.79 Å². The molecule has 2 rings (SSSR count). The molecule has 0 amide bonds. The summed E-state index contributed by atoms with van der Waals surface area (Å²) < 4.78 is 19.8. The fraction of sp³-hybridized carbons (Fsp3) is 0.467. The molecule has 0 N–H and O–H groups in total. The number of ether oxygens (including phenoxy) is 1. The van der Waals surface area contributed by atoms with Gasteiger partial charge in [-0.1, -0.05) is 24.3 Å². The molecule has 0 fully saturated rings. The fourth-order valence-electron chi connectivity index (χ4n) is 2.15. The van der Waals surface area contributed by atoms with Crippen LogP contribution in [0.15, 0.2) is 24.3 Å². The van der Waals surface area contributed by atoms with Gasteiger partial charge in [0.05, 0.1) is 0 Å². The van der Waals surface area contributed by atoms with Gasteiger partial charge in [0.1, 0.15) is 5.60 Å². The average Bonchev–Trinajstić information content (AvgIpc) is 2.32. The van der Waals surface area contributed by atoms with Crippen molar-refractivity contribution in [1.29, 1.82) is 0 Å². The summed E-state index contributed by atoms with van der Waals surface area (Å²) in [5, 5.41) is 0. The summed E-state index contributed by atoms with van der Waals surface area (Å²) in [6.45, 7) is 4.94. The molecular weight excluding hydrogens is 247 g/mol. The third-order valence-corrected chi connectivity index (χ3v) is 3.08. The normalized spacial score (nSPS) is 22.8. The van der Waals surface area contributed by atoms with Crippen LogP contribution in [0.2, 0.25) is 0 Å². The van der Waals surface area contributed by atoms with Crippen molar-refractivity contribution in [3.05, 3.63) is 35.4 Å². The van der Waals surface area contributed by atoms with Crippen molar-refractivity contribution in [2.75, 3.05) is 0 Å². The zero-order valence-corrected chi connectivity index (χ0v) is 11.3. The number of fused-ring (bicyclic) bond motifs is 1. The van der Waals surface area contributed by atoms with Gasteiger partial charge in [-0.05, 0) is 32.8 Å². The SMILES string of the molecule is CC(C)(C)OC(=O)C1(F)CCc2ccccc2C1=O. The molecule has 0 bridgehead atoms. The molecule has 0 radical (unpaired) electrons. The molecule has 1 unspecified atom stereocenters. The summed E-state index contributed by atoms with van der Waals surface area (Å²) >= 11 is 0. The first kappa shape index (κ1) is 13.7. The Bertz CT molecular complexity index is 530. The topological polar surface area (TPSA) is 43.4 Å². The van der Waals surface area contributed by atoms with Crippen LogP contribution in [0, 0.1) is 0 Å². The molecule has 19 heavy (non-hydrogen) atoms. The lowest BCUT2D eigenvalue weighted by atomic mass is 9.80. The van der Waals surface area contributed by atoms with E-state index in [-0.39, 0.29) is 12.0 Å². The van der Waals surface area contributed by atoms with Crippen LogP contribution in [0.25, 0.3) is 0 Å². The lowest BCUT2D eigenvalue weighted by molar-refractivity contribution is -0.166. The van der Waals surface area contributed by atoms with Gasteiger partial charge in [0, 0.05) is 12.0 Å². The first-order valence-electron chi connectivity index (χ1n) is 6.29. The van der Waals surface area contributed by atoms with Crippen molar-refractivity contribution in [2.45, 2.75) is 44.9 Å². The van der Waals surface area contributed by atoms with Crippen LogP contribution in [-0.4, -0.2) is 23.0 Å². The number of halogens is 1. The van der Waals surface area contributed by atoms with E-state index in [9.17, 15) is 14.0 Å². The Morgan fingerprint density at radius 2 is 1.95 bits per heavy atom. The van der Waals surface area contributed by atoms with Crippen LogP contribution in [-0.2, 0) is 16.0 Å². The van der Waals surface area contributed by atoms with Crippen molar-refractivity contribution < 1.29 is 18.7 Å². The van der Waals surface area contributed by atoms with Crippen LogP contribution >= 0.6 is 0 Å². The van der Waals surface area contributed by atoms with Crippen LogP contribution in [0.4, 0.5) is 4.39 Å². The Morgan fingerprint density at radius 1 is 1.32 bits per heavy atom. The van der Waals surface area contributed by atoms with Gasteiger partial charge in [-0.2, -0.15) is 0 Å². The summed E-state index contributed by atoms with van der Waals surface area (Å²) in [6, 6.07) is 6.79. The predicted octanol–water partition coefficient (Wildman–Crippen LogP) is 2.87. The van der Waals surface area contributed by atoms with Gasteiger partial charge in [0.2, 0.25) is 5.78 Å². The summed E-state index contributed by atoms with van der Waals surface area (Å²) in [7, 11) is 0. The van der Waals surface area contributed by atoms with Crippen LogP contribution in [0.5, 0.6) is 0 Å². The van der Waals surface area contributed by atoms with E-state index in [0.717, 1.165) is 5.56 Å². The highest BCUT2D eigenvalue weighted by Gasteiger charge is 2.51. The summed E-state index contributed by atoms with van der Waals surface area (Å²) in [5.41, 5.74) is -2.30. The predicted molar refractivity (Wildman–Crippen MR) is 68.8 cm³/mol. The first-order chi connectivity index (χ1) is 8.74.